The molecule has 0 bridgehead atoms. The summed E-state index contributed by atoms with van der Waals surface area (Å²) in [6, 6.07) is 28.1. The van der Waals surface area contributed by atoms with Gasteiger partial charge in [-0.1, -0.05) is 76.2 Å². The molecule has 6 heterocycles. The molecule has 3 fully saturated rings. The number of anilines is 1. The van der Waals surface area contributed by atoms with Crippen LogP contribution in [0, 0.1) is 11.8 Å². The number of rotatable bonds is 14. The summed E-state index contributed by atoms with van der Waals surface area (Å²) in [6.45, 7) is 10.8. The van der Waals surface area contributed by atoms with Gasteiger partial charge in [0.25, 0.3) is 0 Å². The molecule has 366 valence electrons. The van der Waals surface area contributed by atoms with E-state index in [1.54, 1.807) is 11.1 Å². The van der Waals surface area contributed by atoms with Crippen LogP contribution in [0.3, 0.4) is 0 Å². The van der Waals surface area contributed by atoms with E-state index >= 15 is 0 Å². The molecule has 16 heteroatoms. The summed E-state index contributed by atoms with van der Waals surface area (Å²) in [5.41, 5.74) is 10.0. The maximum Gasteiger partial charge on any atom is 0.407 e. The number of H-pyrrole nitrogens is 2. The van der Waals surface area contributed by atoms with Crippen molar-refractivity contribution in [1.29, 1.82) is 0 Å². The number of aromatic nitrogens is 5. The second-order valence-corrected chi connectivity index (χ2v) is 19.4. The molecule has 3 aromatic heterocycles. The van der Waals surface area contributed by atoms with Gasteiger partial charge in [-0.2, -0.15) is 0 Å². The number of aromatic amines is 2. The minimum Gasteiger partial charge on any atom is -0.465 e. The molecule has 5 N–H and O–H groups in total. The van der Waals surface area contributed by atoms with Gasteiger partial charge < -0.3 is 49.7 Å². The Hall–Kier alpha value is -7.36. The second-order valence-electron chi connectivity index (χ2n) is 19.4. The molecular formula is C54H64N10O6. The van der Waals surface area contributed by atoms with E-state index in [-0.39, 0.29) is 35.7 Å². The van der Waals surface area contributed by atoms with Gasteiger partial charge in [-0.3, -0.25) is 9.59 Å². The highest BCUT2D eigenvalue weighted by molar-refractivity contribution is 5.87. The first-order chi connectivity index (χ1) is 33.9. The lowest BCUT2D eigenvalue weighted by atomic mass is 10.0. The number of nitrogens with one attached hydrogen (secondary N) is 4. The van der Waals surface area contributed by atoms with Crippen LogP contribution in [0.15, 0.2) is 97.3 Å². The largest absolute Gasteiger partial charge is 0.465 e. The number of alkyl carbamates (subject to hydrolysis) is 1. The van der Waals surface area contributed by atoms with Crippen LogP contribution in [0.5, 0.6) is 0 Å². The first-order valence-electron chi connectivity index (χ1n) is 24.7. The quantitative estimate of drug-likeness (QED) is 0.0707. The summed E-state index contributed by atoms with van der Waals surface area (Å²) < 4.78 is 7.12. The first kappa shape index (κ1) is 47.7. The van der Waals surface area contributed by atoms with Crippen molar-refractivity contribution in [3.8, 4) is 50.7 Å². The SMILES string of the molecule is COC(=O)N[C@H](C(=O)N1CCC[C@H]1c1ncc(-c2ccc(-c3ccc(-c4ccc(-c5cnc([C@@H]6CCCN6C(=O)[C@@H](NC(=O)O)C(C)C)[nH]5)cc4)n3-c3ccc(N4CCCCC4)cc3)cc2)[nH]1)C(C)C. The fourth-order valence-corrected chi connectivity index (χ4v) is 10.4. The Labute approximate surface area is 408 Å². The van der Waals surface area contributed by atoms with Crippen molar-refractivity contribution >= 4 is 29.7 Å². The number of amides is 4. The van der Waals surface area contributed by atoms with Crippen molar-refractivity contribution in [2.24, 2.45) is 11.8 Å². The predicted molar refractivity (Wildman–Crippen MR) is 269 cm³/mol. The Morgan fingerprint density at radius 1 is 0.586 bits per heavy atom. The minimum atomic E-state index is -1.21. The van der Waals surface area contributed by atoms with Gasteiger partial charge in [-0.25, -0.2) is 19.6 Å². The monoisotopic (exact) mass is 949 g/mol. The number of hydrogen-bond donors (Lipinski definition) is 5. The van der Waals surface area contributed by atoms with Gasteiger partial charge in [0.1, 0.15) is 23.7 Å². The molecule has 0 aliphatic carbocycles. The first-order valence-corrected chi connectivity index (χ1v) is 24.7. The number of likely N-dealkylation sites (tertiary alicyclic amines) is 2. The van der Waals surface area contributed by atoms with Gasteiger partial charge in [0.2, 0.25) is 11.8 Å². The van der Waals surface area contributed by atoms with E-state index in [9.17, 15) is 24.3 Å². The molecule has 3 aliphatic heterocycles. The van der Waals surface area contributed by atoms with Crippen LogP contribution >= 0.6 is 0 Å². The van der Waals surface area contributed by atoms with Crippen LogP contribution in [0.1, 0.15) is 96.4 Å². The fraction of sp³-hybridized carbons (Fsp3) is 0.407. The van der Waals surface area contributed by atoms with Gasteiger partial charge >= 0.3 is 12.2 Å². The number of carbonyl (C=O) groups is 4. The van der Waals surface area contributed by atoms with Crippen molar-refractivity contribution in [3.63, 3.8) is 0 Å². The lowest BCUT2D eigenvalue weighted by Crippen LogP contribution is -2.51. The van der Waals surface area contributed by atoms with E-state index in [4.69, 9.17) is 14.7 Å². The van der Waals surface area contributed by atoms with Crippen molar-refractivity contribution < 1.29 is 29.0 Å². The molecule has 6 aromatic rings. The molecule has 4 amide bonds. The van der Waals surface area contributed by atoms with E-state index in [0.29, 0.717) is 18.9 Å². The van der Waals surface area contributed by atoms with Crippen LogP contribution in [0.4, 0.5) is 15.3 Å². The van der Waals surface area contributed by atoms with Crippen LogP contribution in [-0.2, 0) is 14.3 Å². The summed E-state index contributed by atoms with van der Waals surface area (Å²) in [7, 11) is 1.30. The van der Waals surface area contributed by atoms with E-state index in [2.05, 4.69) is 115 Å². The Morgan fingerprint density at radius 2 is 1.03 bits per heavy atom. The lowest BCUT2D eigenvalue weighted by molar-refractivity contribution is -0.136. The third-order valence-electron chi connectivity index (χ3n) is 14.2. The normalized spacial score (nSPS) is 18.1. The van der Waals surface area contributed by atoms with E-state index in [0.717, 1.165) is 95.3 Å². The summed E-state index contributed by atoms with van der Waals surface area (Å²) in [5, 5.41) is 14.6. The highest BCUT2D eigenvalue weighted by atomic mass is 16.5. The molecule has 3 saturated heterocycles. The number of carbonyl (C=O) groups excluding carboxylic acids is 3. The van der Waals surface area contributed by atoms with Crippen LogP contribution in [-0.4, -0.2) is 109 Å². The van der Waals surface area contributed by atoms with Gasteiger partial charge in [0.05, 0.1) is 54.4 Å². The average molecular weight is 949 g/mol. The molecule has 3 aromatic carbocycles. The Morgan fingerprint density at radius 3 is 1.47 bits per heavy atom. The number of piperidine rings is 1. The second kappa shape index (κ2) is 20.7. The molecule has 3 aliphatic rings. The highest BCUT2D eigenvalue weighted by Crippen LogP contribution is 2.38. The zero-order chi connectivity index (χ0) is 49.1. The number of hydrogen-bond acceptors (Lipinski definition) is 8. The number of methoxy groups -OCH3 is 1. The molecule has 16 nitrogen and oxygen atoms in total. The topological polar surface area (TPSA) is 194 Å². The van der Waals surface area contributed by atoms with E-state index in [1.165, 1.54) is 32.1 Å². The molecule has 70 heavy (non-hydrogen) atoms. The van der Waals surface area contributed by atoms with Gasteiger partial charge in [0, 0.05) is 37.6 Å². The number of nitrogens with zero attached hydrogens (tertiary/aromatic N) is 6. The number of imidazole rings is 2. The molecule has 0 saturated carbocycles. The maximum atomic E-state index is 13.8. The Kier molecular flexibility index (Phi) is 14.1. The Balaban J connectivity index is 0.971. The summed E-state index contributed by atoms with van der Waals surface area (Å²) in [4.78, 5) is 73.5. The maximum absolute atomic E-state index is 13.8. The zero-order valence-corrected chi connectivity index (χ0v) is 40.7. The predicted octanol–water partition coefficient (Wildman–Crippen LogP) is 9.58. The van der Waals surface area contributed by atoms with Crippen molar-refractivity contribution in [1.82, 2.24) is 44.9 Å². The summed E-state index contributed by atoms with van der Waals surface area (Å²) in [5.74, 6) is 0.707. The van der Waals surface area contributed by atoms with Crippen molar-refractivity contribution in [3.05, 3.63) is 109 Å². The van der Waals surface area contributed by atoms with Crippen molar-refractivity contribution in [2.45, 2.75) is 96.8 Å². The van der Waals surface area contributed by atoms with E-state index in [1.807, 2.05) is 38.8 Å². The average Bonchev–Trinajstić information content (AvgIpc) is 4.24. The summed E-state index contributed by atoms with van der Waals surface area (Å²) in [6.07, 6.45) is 8.62. The van der Waals surface area contributed by atoms with Gasteiger partial charge in [-0.15, -0.1) is 0 Å². The number of ether oxygens (including phenoxy) is 1. The Bertz CT molecular complexity index is 2790. The lowest BCUT2D eigenvalue weighted by Gasteiger charge is -2.30. The minimum absolute atomic E-state index is 0.121. The molecule has 0 radical (unpaired) electrons. The van der Waals surface area contributed by atoms with Crippen LogP contribution in [0.2, 0.25) is 0 Å². The molecule has 0 unspecified atom stereocenters. The van der Waals surface area contributed by atoms with Crippen LogP contribution in [0.25, 0.3) is 50.7 Å². The van der Waals surface area contributed by atoms with Crippen LogP contribution < -0.4 is 15.5 Å². The highest BCUT2D eigenvalue weighted by Gasteiger charge is 2.39. The van der Waals surface area contributed by atoms with Gasteiger partial charge in [-0.05, 0) is 115 Å². The molecule has 0 spiro atoms. The third-order valence-corrected chi connectivity index (χ3v) is 14.2. The fourth-order valence-electron chi connectivity index (χ4n) is 10.4. The number of benzene rings is 3. The standard InChI is InChI=1S/C54H64N10O6/c1-33(2)47(59-53(67)68)51(65)62-29-9-11-45(62)49-55-31-41(57-49)35-13-17-37(18-14-35)43-25-26-44(64(43)40-23-21-39(22-24-40)61-27-7-6-8-28-61)38-19-15-36(16-20-38)42-32-56-50(58-42)46-12-10-30-63(46)52(66)48(34(3)4)60-54(69)70-5/h13-26,31-34,45-48,59H,6-12,27-30H2,1-5H3,(H,55,57)(H,56,58)(H,60,69)(H,67,68)/t45-,46-,47-,48-/m0/s1. The molecular weight excluding hydrogens is 885 g/mol. The smallest absolute Gasteiger partial charge is 0.407 e. The van der Waals surface area contributed by atoms with E-state index < -0.39 is 24.3 Å². The van der Waals surface area contributed by atoms with Crippen molar-refractivity contribution in [2.75, 3.05) is 38.2 Å². The molecule has 4 atom stereocenters. The third kappa shape index (κ3) is 9.90. The summed E-state index contributed by atoms with van der Waals surface area (Å²) >= 11 is 0. The molecule has 9 rings (SSSR count). The zero-order valence-electron chi connectivity index (χ0n) is 40.7. The number of carboxylic acid groups (broad SMARTS) is 1. The van der Waals surface area contributed by atoms with Gasteiger partial charge in [0.15, 0.2) is 0 Å².